The van der Waals surface area contributed by atoms with E-state index in [9.17, 15) is 4.79 Å². The number of carbonyl (C=O) groups excluding carboxylic acids is 1. The van der Waals surface area contributed by atoms with Crippen LogP contribution in [0.25, 0.3) is 0 Å². The number of benzene rings is 1. The Morgan fingerprint density at radius 1 is 1.15 bits per heavy atom. The molecule has 20 heavy (non-hydrogen) atoms. The molecule has 4 nitrogen and oxygen atoms in total. The second-order valence-electron chi connectivity index (χ2n) is 3.97. The van der Waals surface area contributed by atoms with Crippen molar-refractivity contribution in [2.24, 2.45) is 7.05 Å². The number of aromatic nitrogens is 2. The smallest absolute Gasteiger partial charge is 0.337 e. The van der Waals surface area contributed by atoms with Gasteiger partial charge >= 0.3 is 5.97 Å². The molecule has 0 amide bonds. The Balaban J connectivity index is 2.06. The third kappa shape index (κ3) is 3.51. The Morgan fingerprint density at radius 2 is 1.80 bits per heavy atom. The molecular formula is C16H12N2O2. The summed E-state index contributed by atoms with van der Waals surface area (Å²) in [5.41, 5.74) is 2.11. The number of methoxy groups -OCH3 is 1. The lowest BCUT2D eigenvalue weighted by Gasteiger charge is -1.97. The normalized spacial score (nSPS) is 8.90. The van der Waals surface area contributed by atoms with Gasteiger partial charge in [0, 0.05) is 18.8 Å². The summed E-state index contributed by atoms with van der Waals surface area (Å²) in [5.74, 6) is 10.9. The molecule has 0 N–H and O–H groups in total. The summed E-state index contributed by atoms with van der Waals surface area (Å²) in [5, 5.41) is 4.01. The van der Waals surface area contributed by atoms with Gasteiger partial charge in [0.1, 0.15) is 0 Å². The summed E-state index contributed by atoms with van der Waals surface area (Å²) >= 11 is 0. The summed E-state index contributed by atoms with van der Waals surface area (Å²) in [6.07, 6.45) is 3.50. The van der Waals surface area contributed by atoms with E-state index in [1.165, 1.54) is 7.11 Å². The molecule has 0 aliphatic rings. The highest BCUT2D eigenvalue weighted by Gasteiger charge is 2.02. The van der Waals surface area contributed by atoms with Crippen molar-refractivity contribution in [1.82, 2.24) is 9.78 Å². The molecule has 0 radical (unpaired) electrons. The zero-order valence-corrected chi connectivity index (χ0v) is 11.2. The van der Waals surface area contributed by atoms with Crippen LogP contribution in [0.5, 0.6) is 0 Å². The predicted octanol–water partition coefficient (Wildman–Crippen LogP) is 1.61. The van der Waals surface area contributed by atoms with E-state index in [0.29, 0.717) is 5.56 Å². The van der Waals surface area contributed by atoms with Gasteiger partial charge in [-0.25, -0.2) is 4.79 Å². The second-order valence-corrected chi connectivity index (χ2v) is 3.97. The highest BCUT2D eigenvalue weighted by atomic mass is 16.5. The van der Waals surface area contributed by atoms with Crippen molar-refractivity contribution in [3.63, 3.8) is 0 Å². The first-order valence-corrected chi connectivity index (χ1v) is 5.88. The number of hydrogen-bond acceptors (Lipinski definition) is 3. The first-order chi connectivity index (χ1) is 9.69. The maximum absolute atomic E-state index is 11.3. The van der Waals surface area contributed by atoms with Crippen LogP contribution in [0.3, 0.4) is 0 Å². The van der Waals surface area contributed by atoms with Crippen molar-refractivity contribution in [3.8, 4) is 23.7 Å². The minimum Gasteiger partial charge on any atom is -0.465 e. The van der Waals surface area contributed by atoms with Gasteiger partial charge in [0.05, 0.1) is 24.4 Å². The number of hydrogen-bond donors (Lipinski definition) is 0. The van der Waals surface area contributed by atoms with Crippen LogP contribution >= 0.6 is 0 Å². The summed E-state index contributed by atoms with van der Waals surface area (Å²) in [6, 6.07) is 6.85. The van der Waals surface area contributed by atoms with Gasteiger partial charge in [0.15, 0.2) is 0 Å². The highest BCUT2D eigenvalue weighted by Crippen LogP contribution is 2.04. The topological polar surface area (TPSA) is 44.1 Å². The van der Waals surface area contributed by atoms with Crippen molar-refractivity contribution in [1.29, 1.82) is 0 Å². The van der Waals surface area contributed by atoms with Crippen molar-refractivity contribution < 1.29 is 9.53 Å². The number of ether oxygens (including phenoxy) is 1. The van der Waals surface area contributed by atoms with Crippen LogP contribution in [0.4, 0.5) is 0 Å². The van der Waals surface area contributed by atoms with Gasteiger partial charge in [0.2, 0.25) is 0 Å². The Hall–Kier alpha value is -2.98. The largest absolute Gasteiger partial charge is 0.465 e. The van der Waals surface area contributed by atoms with E-state index in [1.807, 2.05) is 13.2 Å². The van der Waals surface area contributed by atoms with Gasteiger partial charge in [-0.05, 0) is 42.0 Å². The number of esters is 1. The molecule has 0 fully saturated rings. The molecule has 1 aromatic heterocycles. The quantitative estimate of drug-likeness (QED) is 0.580. The maximum Gasteiger partial charge on any atom is 0.337 e. The van der Waals surface area contributed by atoms with Crippen LogP contribution in [-0.2, 0) is 11.8 Å². The molecule has 1 aromatic carbocycles. The lowest BCUT2D eigenvalue weighted by atomic mass is 10.1. The second kappa shape index (κ2) is 6.26. The predicted molar refractivity (Wildman–Crippen MR) is 74.7 cm³/mol. The molecule has 0 aliphatic heterocycles. The van der Waals surface area contributed by atoms with Crippen LogP contribution in [-0.4, -0.2) is 22.9 Å². The average molecular weight is 264 g/mol. The van der Waals surface area contributed by atoms with E-state index >= 15 is 0 Å². The van der Waals surface area contributed by atoms with Crippen LogP contribution in [0.15, 0.2) is 36.7 Å². The van der Waals surface area contributed by atoms with E-state index in [1.54, 1.807) is 35.1 Å². The van der Waals surface area contributed by atoms with Gasteiger partial charge in [-0.1, -0.05) is 5.92 Å². The standard InChI is InChI=1S/C16H12N2O2/c1-18-12-14(11-17-18)6-4-3-5-13-7-9-15(10-8-13)16(19)20-2/h7-12H,1-2H3. The van der Waals surface area contributed by atoms with Gasteiger partial charge in [0.25, 0.3) is 0 Å². The molecule has 0 atom stereocenters. The third-order valence-electron chi connectivity index (χ3n) is 2.49. The van der Waals surface area contributed by atoms with Crippen LogP contribution in [0.2, 0.25) is 0 Å². The Kier molecular flexibility index (Phi) is 4.21. The number of aryl methyl sites for hydroxylation is 1. The molecule has 4 heteroatoms. The minimum atomic E-state index is -0.360. The van der Waals surface area contributed by atoms with Crippen molar-refractivity contribution >= 4 is 5.97 Å². The molecule has 2 aromatic rings. The van der Waals surface area contributed by atoms with E-state index in [0.717, 1.165) is 11.1 Å². The number of carbonyl (C=O) groups is 1. The first-order valence-electron chi connectivity index (χ1n) is 5.88. The molecule has 1 heterocycles. The first kappa shape index (κ1) is 13.5. The average Bonchev–Trinajstić information content (AvgIpc) is 2.89. The zero-order valence-electron chi connectivity index (χ0n) is 11.2. The lowest BCUT2D eigenvalue weighted by molar-refractivity contribution is 0.0601. The molecule has 98 valence electrons. The summed E-state index contributed by atoms with van der Waals surface area (Å²) in [7, 11) is 3.18. The summed E-state index contributed by atoms with van der Waals surface area (Å²) < 4.78 is 6.30. The number of rotatable bonds is 1. The van der Waals surface area contributed by atoms with Gasteiger partial charge in [-0.2, -0.15) is 5.10 Å². The van der Waals surface area contributed by atoms with Gasteiger partial charge in [-0.3, -0.25) is 4.68 Å². The van der Waals surface area contributed by atoms with Crippen molar-refractivity contribution in [2.45, 2.75) is 0 Å². The van der Waals surface area contributed by atoms with Gasteiger partial charge in [-0.15, -0.1) is 0 Å². The van der Waals surface area contributed by atoms with Crippen molar-refractivity contribution in [3.05, 3.63) is 53.3 Å². The Morgan fingerprint density at radius 3 is 2.35 bits per heavy atom. The summed E-state index contributed by atoms with van der Waals surface area (Å²) in [4.78, 5) is 11.3. The van der Waals surface area contributed by atoms with E-state index < -0.39 is 0 Å². The fourth-order valence-corrected chi connectivity index (χ4v) is 1.50. The fraction of sp³-hybridized carbons (Fsp3) is 0.125. The molecule has 0 unspecified atom stereocenters. The van der Waals surface area contributed by atoms with Crippen LogP contribution in [0.1, 0.15) is 21.5 Å². The fourth-order valence-electron chi connectivity index (χ4n) is 1.50. The minimum absolute atomic E-state index is 0.360. The molecule has 0 spiro atoms. The molecule has 0 bridgehead atoms. The molecule has 0 saturated heterocycles. The highest BCUT2D eigenvalue weighted by molar-refractivity contribution is 5.89. The van der Waals surface area contributed by atoms with Crippen LogP contribution < -0.4 is 0 Å². The monoisotopic (exact) mass is 264 g/mol. The van der Waals surface area contributed by atoms with E-state index in [2.05, 4.69) is 33.5 Å². The lowest BCUT2D eigenvalue weighted by Crippen LogP contribution is -2.00. The number of nitrogens with zero attached hydrogens (tertiary/aromatic N) is 2. The Labute approximate surface area is 117 Å². The molecule has 0 saturated carbocycles. The molecular weight excluding hydrogens is 252 g/mol. The van der Waals surface area contributed by atoms with E-state index in [4.69, 9.17) is 0 Å². The van der Waals surface area contributed by atoms with Crippen molar-refractivity contribution in [2.75, 3.05) is 7.11 Å². The molecule has 2 rings (SSSR count). The zero-order chi connectivity index (χ0) is 14.4. The molecule has 0 aliphatic carbocycles. The maximum atomic E-state index is 11.3. The van der Waals surface area contributed by atoms with Crippen LogP contribution in [0, 0.1) is 23.7 Å². The SMILES string of the molecule is COC(=O)c1ccc(C#CC#Cc2cnn(C)c2)cc1. The summed E-state index contributed by atoms with van der Waals surface area (Å²) in [6.45, 7) is 0. The third-order valence-corrected chi connectivity index (χ3v) is 2.49. The van der Waals surface area contributed by atoms with E-state index in [-0.39, 0.29) is 5.97 Å². The van der Waals surface area contributed by atoms with Gasteiger partial charge < -0.3 is 4.74 Å². The Bertz CT molecular complexity index is 735.